The second-order valence-corrected chi connectivity index (χ2v) is 4.44. The number of aromatic nitrogens is 2. The van der Waals surface area contributed by atoms with Gasteiger partial charge < -0.3 is 15.2 Å². The number of rotatable bonds is 5. The number of nitrogens with one attached hydrogen (secondary N) is 1. The van der Waals surface area contributed by atoms with E-state index in [1.54, 1.807) is 6.07 Å². The van der Waals surface area contributed by atoms with Crippen LogP contribution in [-0.2, 0) is 6.18 Å². The molecule has 1 atom stereocenters. The van der Waals surface area contributed by atoms with Gasteiger partial charge in [-0.3, -0.25) is 0 Å². The van der Waals surface area contributed by atoms with Crippen LogP contribution in [0.15, 0.2) is 36.5 Å². The summed E-state index contributed by atoms with van der Waals surface area (Å²) in [6, 6.07) is 6.10. The summed E-state index contributed by atoms with van der Waals surface area (Å²) < 4.78 is 42.8. The number of aliphatic hydroxyl groups excluding tert-OH is 1. The maximum Gasteiger partial charge on any atom is 0.416 e. The number of halogens is 3. The van der Waals surface area contributed by atoms with Gasteiger partial charge in [0.25, 0.3) is 0 Å². The Bertz CT molecular complexity index is 635. The van der Waals surface area contributed by atoms with E-state index in [1.165, 1.54) is 25.4 Å². The van der Waals surface area contributed by atoms with Crippen molar-refractivity contribution in [3.05, 3.63) is 47.7 Å². The summed E-state index contributed by atoms with van der Waals surface area (Å²) in [6.45, 7) is -0.0333. The van der Waals surface area contributed by atoms with Gasteiger partial charge in [-0.05, 0) is 17.7 Å². The van der Waals surface area contributed by atoms with Crippen molar-refractivity contribution in [1.29, 1.82) is 0 Å². The molecule has 5 nitrogen and oxygen atoms in total. The van der Waals surface area contributed by atoms with Crippen LogP contribution in [0, 0.1) is 0 Å². The van der Waals surface area contributed by atoms with Crippen LogP contribution in [0.5, 0.6) is 5.88 Å². The van der Waals surface area contributed by atoms with Gasteiger partial charge in [-0.25, -0.2) is 4.98 Å². The average molecular weight is 313 g/mol. The summed E-state index contributed by atoms with van der Waals surface area (Å²) in [5.74, 6) is 0.552. The Morgan fingerprint density at radius 1 is 1.32 bits per heavy atom. The van der Waals surface area contributed by atoms with Crippen LogP contribution in [0.2, 0.25) is 0 Å². The number of alkyl halides is 3. The molecule has 2 N–H and O–H groups in total. The molecule has 1 heterocycles. The lowest BCUT2D eigenvalue weighted by molar-refractivity contribution is -0.137. The highest BCUT2D eigenvalue weighted by molar-refractivity contribution is 5.31. The van der Waals surface area contributed by atoms with E-state index >= 15 is 0 Å². The third kappa shape index (κ3) is 4.08. The van der Waals surface area contributed by atoms with E-state index < -0.39 is 17.8 Å². The fraction of sp³-hybridized carbons (Fsp3) is 0.286. The van der Waals surface area contributed by atoms with E-state index in [0.717, 1.165) is 12.1 Å². The molecule has 0 spiro atoms. The van der Waals surface area contributed by atoms with Gasteiger partial charge in [-0.15, -0.1) is 0 Å². The molecule has 8 heteroatoms. The normalized spacial score (nSPS) is 12.8. The smallest absolute Gasteiger partial charge is 0.416 e. The second kappa shape index (κ2) is 6.61. The van der Waals surface area contributed by atoms with Crippen molar-refractivity contribution in [2.24, 2.45) is 0 Å². The third-order valence-electron chi connectivity index (χ3n) is 2.89. The van der Waals surface area contributed by atoms with Gasteiger partial charge in [0, 0.05) is 18.8 Å². The van der Waals surface area contributed by atoms with Crippen LogP contribution in [0.3, 0.4) is 0 Å². The van der Waals surface area contributed by atoms with Gasteiger partial charge in [0.1, 0.15) is 0 Å². The average Bonchev–Trinajstić information content (AvgIpc) is 2.52. The first kappa shape index (κ1) is 16.0. The largest absolute Gasteiger partial charge is 0.481 e. The summed E-state index contributed by atoms with van der Waals surface area (Å²) in [4.78, 5) is 7.89. The van der Waals surface area contributed by atoms with Crippen LogP contribution < -0.4 is 10.1 Å². The number of aliphatic hydroxyl groups is 1. The molecule has 118 valence electrons. The predicted molar refractivity (Wildman–Crippen MR) is 73.5 cm³/mol. The fourth-order valence-electron chi connectivity index (χ4n) is 1.77. The topological polar surface area (TPSA) is 67.3 Å². The minimum absolute atomic E-state index is 0.0333. The molecule has 0 aliphatic rings. The Kier molecular flexibility index (Phi) is 4.81. The molecular weight excluding hydrogens is 299 g/mol. The molecule has 0 radical (unpaired) electrons. The zero-order valence-corrected chi connectivity index (χ0v) is 11.6. The SMILES string of the molecule is COc1ccnc(NCC(O)c2cccc(C(F)(F)F)c2)n1. The van der Waals surface area contributed by atoms with Crippen molar-refractivity contribution in [3.8, 4) is 5.88 Å². The Hall–Kier alpha value is -2.35. The maximum absolute atomic E-state index is 12.6. The molecule has 2 rings (SSSR count). The molecule has 0 aliphatic carbocycles. The van der Waals surface area contributed by atoms with Gasteiger partial charge in [-0.1, -0.05) is 12.1 Å². The molecule has 1 aromatic carbocycles. The van der Waals surface area contributed by atoms with Gasteiger partial charge >= 0.3 is 6.18 Å². The molecule has 0 aliphatic heterocycles. The highest BCUT2D eigenvalue weighted by atomic mass is 19.4. The van der Waals surface area contributed by atoms with Gasteiger partial charge in [0.05, 0.1) is 18.8 Å². The van der Waals surface area contributed by atoms with E-state index in [-0.39, 0.29) is 18.1 Å². The second-order valence-electron chi connectivity index (χ2n) is 4.44. The van der Waals surface area contributed by atoms with E-state index in [1.807, 2.05) is 0 Å². The molecule has 0 bridgehead atoms. The number of hydrogen-bond acceptors (Lipinski definition) is 5. The summed E-state index contributed by atoms with van der Waals surface area (Å²) in [5.41, 5.74) is -0.646. The molecule has 1 unspecified atom stereocenters. The van der Waals surface area contributed by atoms with Crippen LogP contribution in [0.1, 0.15) is 17.2 Å². The first-order chi connectivity index (χ1) is 10.4. The minimum atomic E-state index is -4.45. The van der Waals surface area contributed by atoms with Crippen LogP contribution in [0.4, 0.5) is 19.1 Å². The van der Waals surface area contributed by atoms with Gasteiger partial charge in [0.2, 0.25) is 11.8 Å². The van der Waals surface area contributed by atoms with Crippen LogP contribution in [0.25, 0.3) is 0 Å². The quantitative estimate of drug-likeness (QED) is 0.888. The molecular formula is C14H14F3N3O2. The number of ether oxygens (including phenoxy) is 1. The molecule has 0 saturated carbocycles. The number of hydrogen-bond donors (Lipinski definition) is 2. The third-order valence-corrected chi connectivity index (χ3v) is 2.89. The standard InChI is InChI=1S/C14H14F3N3O2/c1-22-12-5-6-18-13(20-12)19-8-11(21)9-3-2-4-10(7-9)14(15,16)17/h2-7,11,21H,8H2,1H3,(H,18,19,20). The van der Waals surface area contributed by atoms with E-state index in [4.69, 9.17) is 4.74 Å². The lowest BCUT2D eigenvalue weighted by Crippen LogP contribution is -2.15. The maximum atomic E-state index is 12.6. The molecule has 2 aromatic rings. The van der Waals surface area contributed by atoms with Crippen molar-refractivity contribution in [1.82, 2.24) is 9.97 Å². The molecule has 0 saturated heterocycles. The molecule has 0 fully saturated rings. The summed E-state index contributed by atoms with van der Waals surface area (Å²) in [6.07, 6.45) is -4.11. The van der Waals surface area contributed by atoms with E-state index in [2.05, 4.69) is 15.3 Å². The summed E-state index contributed by atoms with van der Waals surface area (Å²) in [5, 5.41) is 12.7. The number of nitrogens with zero attached hydrogens (tertiary/aromatic N) is 2. The molecule has 1 aromatic heterocycles. The lowest BCUT2D eigenvalue weighted by atomic mass is 10.1. The van der Waals surface area contributed by atoms with Gasteiger partial charge in [-0.2, -0.15) is 18.2 Å². The Labute approximate surface area is 124 Å². The Morgan fingerprint density at radius 2 is 2.09 bits per heavy atom. The monoisotopic (exact) mass is 313 g/mol. The fourth-order valence-corrected chi connectivity index (χ4v) is 1.77. The van der Waals surface area contributed by atoms with Gasteiger partial charge in [0.15, 0.2) is 0 Å². The van der Waals surface area contributed by atoms with E-state index in [9.17, 15) is 18.3 Å². The highest BCUT2D eigenvalue weighted by Gasteiger charge is 2.30. The van der Waals surface area contributed by atoms with Crippen molar-refractivity contribution in [3.63, 3.8) is 0 Å². The molecule has 22 heavy (non-hydrogen) atoms. The van der Waals surface area contributed by atoms with Crippen molar-refractivity contribution in [2.75, 3.05) is 19.0 Å². The van der Waals surface area contributed by atoms with Crippen molar-refractivity contribution in [2.45, 2.75) is 12.3 Å². The summed E-state index contributed by atoms with van der Waals surface area (Å²) >= 11 is 0. The van der Waals surface area contributed by atoms with E-state index in [0.29, 0.717) is 5.88 Å². The lowest BCUT2D eigenvalue weighted by Gasteiger charge is -2.14. The minimum Gasteiger partial charge on any atom is -0.481 e. The first-order valence-corrected chi connectivity index (χ1v) is 6.36. The van der Waals surface area contributed by atoms with Crippen LogP contribution in [-0.4, -0.2) is 28.7 Å². The number of benzene rings is 1. The van der Waals surface area contributed by atoms with Crippen LogP contribution >= 0.6 is 0 Å². The zero-order chi connectivity index (χ0) is 16.2. The zero-order valence-electron chi connectivity index (χ0n) is 11.6. The Morgan fingerprint density at radius 3 is 2.77 bits per heavy atom. The Balaban J connectivity index is 2.04. The number of methoxy groups -OCH3 is 1. The summed E-state index contributed by atoms with van der Waals surface area (Å²) in [7, 11) is 1.45. The predicted octanol–water partition coefficient (Wildman–Crippen LogP) is 2.65. The molecule has 0 amide bonds. The van der Waals surface area contributed by atoms with Crippen molar-refractivity contribution >= 4 is 5.95 Å². The first-order valence-electron chi connectivity index (χ1n) is 6.36. The highest BCUT2D eigenvalue weighted by Crippen LogP contribution is 2.30. The number of anilines is 1. The van der Waals surface area contributed by atoms with Crippen molar-refractivity contribution < 1.29 is 23.0 Å².